The Morgan fingerprint density at radius 3 is 2.74 bits per heavy atom. The molecule has 1 fully saturated rings. The van der Waals surface area contributed by atoms with Crippen LogP contribution in [0.4, 0.5) is 14.9 Å². The number of hydrogen-bond donors (Lipinski definition) is 1. The Labute approximate surface area is 134 Å². The highest BCUT2D eigenvalue weighted by molar-refractivity contribution is 5.91. The first kappa shape index (κ1) is 15.3. The maximum absolute atomic E-state index is 14.0. The molecule has 2 aromatic rings. The van der Waals surface area contributed by atoms with Crippen LogP contribution in [0.25, 0.3) is 0 Å². The van der Waals surface area contributed by atoms with E-state index < -0.39 is 0 Å². The van der Waals surface area contributed by atoms with Crippen LogP contribution < -0.4 is 10.1 Å². The average Bonchev–Trinajstić information content (AvgIpc) is 3.05. The smallest absolute Gasteiger partial charge is 0.322 e. The van der Waals surface area contributed by atoms with Crippen LogP contribution in [0.1, 0.15) is 24.4 Å². The van der Waals surface area contributed by atoms with E-state index in [-0.39, 0.29) is 17.9 Å². The number of hydrogen-bond acceptors (Lipinski definition) is 2. The molecule has 0 radical (unpaired) electrons. The number of nitrogens with zero attached hydrogens (tertiary/aromatic N) is 1. The number of rotatable bonds is 3. The summed E-state index contributed by atoms with van der Waals surface area (Å²) < 4.78 is 19.3. The summed E-state index contributed by atoms with van der Waals surface area (Å²) in [7, 11) is 1.56. The van der Waals surface area contributed by atoms with Crippen molar-refractivity contribution in [2.24, 2.45) is 0 Å². The van der Waals surface area contributed by atoms with Crippen molar-refractivity contribution in [3.8, 4) is 5.75 Å². The van der Waals surface area contributed by atoms with Gasteiger partial charge in [-0.2, -0.15) is 0 Å². The van der Waals surface area contributed by atoms with Gasteiger partial charge in [0.25, 0.3) is 0 Å². The molecule has 1 saturated heterocycles. The third kappa shape index (κ3) is 3.13. The lowest BCUT2D eigenvalue weighted by molar-refractivity contribution is 0.206. The van der Waals surface area contributed by atoms with Gasteiger partial charge in [-0.3, -0.25) is 0 Å². The lowest BCUT2D eigenvalue weighted by Gasteiger charge is -2.26. The molecule has 0 bridgehead atoms. The summed E-state index contributed by atoms with van der Waals surface area (Å²) in [5.74, 6) is 0.331. The number of urea groups is 1. The van der Waals surface area contributed by atoms with E-state index in [1.54, 1.807) is 42.3 Å². The fourth-order valence-corrected chi connectivity index (χ4v) is 3.01. The first-order valence-electron chi connectivity index (χ1n) is 7.66. The fraction of sp³-hybridized carbons (Fsp3) is 0.278. The Balaban J connectivity index is 1.80. The van der Waals surface area contributed by atoms with E-state index in [4.69, 9.17) is 4.74 Å². The number of carbonyl (C=O) groups is 1. The second-order valence-corrected chi connectivity index (χ2v) is 5.50. The van der Waals surface area contributed by atoms with Crippen molar-refractivity contribution in [3.05, 3.63) is 59.9 Å². The number of anilines is 1. The van der Waals surface area contributed by atoms with E-state index in [1.165, 1.54) is 6.07 Å². The van der Waals surface area contributed by atoms with Crippen LogP contribution >= 0.6 is 0 Å². The van der Waals surface area contributed by atoms with E-state index >= 15 is 0 Å². The number of para-hydroxylation sites is 2. The molecule has 4 nitrogen and oxygen atoms in total. The Morgan fingerprint density at radius 2 is 1.96 bits per heavy atom. The van der Waals surface area contributed by atoms with E-state index in [1.807, 2.05) is 12.1 Å². The number of ether oxygens (including phenoxy) is 1. The maximum atomic E-state index is 14.0. The van der Waals surface area contributed by atoms with Crippen molar-refractivity contribution in [1.29, 1.82) is 0 Å². The van der Waals surface area contributed by atoms with Gasteiger partial charge in [-0.15, -0.1) is 0 Å². The minimum atomic E-state index is -0.269. The lowest BCUT2D eigenvalue weighted by Crippen LogP contribution is -2.34. The van der Waals surface area contributed by atoms with Gasteiger partial charge in [0.2, 0.25) is 0 Å². The van der Waals surface area contributed by atoms with Gasteiger partial charge < -0.3 is 15.0 Å². The first-order chi connectivity index (χ1) is 11.2. The van der Waals surface area contributed by atoms with Crippen LogP contribution in [-0.2, 0) is 0 Å². The Hall–Kier alpha value is -2.56. The molecule has 1 N–H and O–H groups in total. The highest BCUT2D eigenvalue weighted by atomic mass is 19.1. The van der Waals surface area contributed by atoms with Crippen molar-refractivity contribution < 1.29 is 13.9 Å². The molecule has 0 unspecified atom stereocenters. The van der Waals surface area contributed by atoms with Crippen molar-refractivity contribution in [3.63, 3.8) is 0 Å². The van der Waals surface area contributed by atoms with Gasteiger partial charge in [0.05, 0.1) is 18.8 Å². The van der Waals surface area contributed by atoms with E-state index in [9.17, 15) is 9.18 Å². The highest BCUT2D eigenvalue weighted by Crippen LogP contribution is 2.34. The third-order valence-electron chi connectivity index (χ3n) is 4.13. The minimum Gasteiger partial charge on any atom is -0.495 e. The normalized spacial score (nSPS) is 17.1. The summed E-state index contributed by atoms with van der Waals surface area (Å²) in [6.07, 6.45) is 1.62. The zero-order valence-corrected chi connectivity index (χ0v) is 13.0. The minimum absolute atomic E-state index is 0.231. The van der Waals surface area contributed by atoms with Crippen LogP contribution in [0.2, 0.25) is 0 Å². The topological polar surface area (TPSA) is 41.6 Å². The van der Waals surface area contributed by atoms with Gasteiger partial charge in [0.15, 0.2) is 0 Å². The molecule has 1 aliphatic heterocycles. The summed E-state index contributed by atoms with van der Waals surface area (Å²) in [5, 5.41) is 2.86. The SMILES string of the molecule is COc1ccccc1NC(=O)N1CCC[C@H]1c1ccccc1F. The Bertz CT molecular complexity index is 705. The number of amides is 2. The van der Waals surface area contributed by atoms with Crippen LogP contribution in [0.15, 0.2) is 48.5 Å². The predicted molar refractivity (Wildman–Crippen MR) is 87.1 cm³/mol. The molecule has 0 spiro atoms. The standard InChI is InChI=1S/C18H19FN2O2/c1-23-17-11-5-4-9-15(17)20-18(22)21-12-6-10-16(21)13-7-2-3-8-14(13)19/h2-5,7-9,11,16H,6,10,12H2,1H3,(H,20,22)/t16-/m0/s1. The number of methoxy groups -OCH3 is 1. The van der Waals surface area contributed by atoms with E-state index in [0.29, 0.717) is 23.5 Å². The van der Waals surface area contributed by atoms with Crippen molar-refractivity contribution in [1.82, 2.24) is 4.90 Å². The van der Waals surface area contributed by atoms with Gasteiger partial charge in [-0.1, -0.05) is 30.3 Å². The number of benzene rings is 2. The molecule has 0 aliphatic carbocycles. The van der Waals surface area contributed by atoms with Crippen molar-refractivity contribution in [2.75, 3.05) is 19.0 Å². The first-order valence-corrected chi connectivity index (χ1v) is 7.66. The predicted octanol–water partition coefficient (Wildman–Crippen LogP) is 4.20. The molecule has 120 valence electrons. The summed E-state index contributed by atoms with van der Waals surface area (Å²) in [5.41, 5.74) is 1.18. The summed E-state index contributed by atoms with van der Waals surface area (Å²) >= 11 is 0. The molecule has 0 saturated carbocycles. The molecule has 1 atom stereocenters. The molecule has 0 aromatic heterocycles. The maximum Gasteiger partial charge on any atom is 0.322 e. The molecule has 2 amide bonds. The zero-order valence-electron chi connectivity index (χ0n) is 13.0. The highest BCUT2D eigenvalue weighted by Gasteiger charge is 2.31. The molecule has 23 heavy (non-hydrogen) atoms. The average molecular weight is 314 g/mol. The molecule has 2 aromatic carbocycles. The number of carbonyl (C=O) groups excluding carboxylic acids is 1. The molecule has 3 rings (SSSR count). The largest absolute Gasteiger partial charge is 0.495 e. The summed E-state index contributed by atoms with van der Waals surface area (Å²) in [6.45, 7) is 0.611. The quantitative estimate of drug-likeness (QED) is 0.922. The van der Waals surface area contributed by atoms with Crippen molar-refractivity contribution in [2.45, 2.75) is 18.9 Å². The van der Waals surface area contributed by atoms with Gasteiger partial charge in [-0.05, 0) is 31.0 Å². The van der Waals surface area contributed by atoms with Crippen LogP contribution in [0, 0.1) is 5.82 Å². The second kappa shape index (κ2) is 6.69. The summed E-state index contributed by atoms with van der Waals surface area (Å²) in [6, 6.07) is 13.4. The summed E-state index contributed by atoms with van der Waals surface area (Å²) in [4.78, 5) is 14.3. The van der Waals surface area contributed by atoms with Gasteiger partial charge in [0.1, 0.15) is 11.6 Å². The lowest BCUT2D eigenvalue weighted by atomic mass is 10.0. The van der Waals surface area contributed by atoms with Crippen molar-refractivity contribution >= 4 is 11.7 Å². The number of halogens is 1. The van der Waals surface area contributed by atoms with Gasteiger partial charge >= 0.3 is 6.03 Å². The van der Waals surface area contributed by atoms with Gasteiger partial charge in [-0.25, -0.2) is 9.18 Å². The van der Waals surface area contributed by atoms with Crippen LogP contribution in [0.3, 0.4) is 0 Å². The zero-order chi connectivity index (χ0) is 16.2. The number of nitrogens with one attached hydrogen (secondary N) is 1. The van der Waals surface area contributed by atoms with Crippen LogP contribution in [0.5, 0.6) is 5.75 Å². The Morgan fingerprint density at radius 1 is 1.22 bits per heavy atom. The van der Waals surface area contributed by atoms with E-state index in [0.717, 1.165) is 12.8 Å². The third-order valence-corrected chi connectivity index (χ3v) is 4.13. The molecule has 1 aliphatic rings. The fourth-order valence-electron chi connectivity index (χ4n) is 3.01. The Kier molecular flexibility index (Phi) is 4.46. The molecule has 1 heterocycles. The second-order valence-electron chi connectivity index (χ2n) is 5.50. The molecule has 5 heteroatoms. The molecular weight excluding hydrogens is 295 g/mol. The number of likely N-dealkylation sites (tertiary alicyclic amines) is 1. The molecular formula is C18H19FN2O2. The van der Waals surface area contributed by atoms with Crippen LogP contribution in [-0.4, -0.2) is 24.6 Å². The van der Waals surface area contributed by atoms with Gasteiger partial charge in [0, 0.05) is 12.1 Å². The van der Waals surface area contributed by atoms with E-state index in [2.05, 4.69) is 5.32 Å². The monoisotopic (exact) mass is 314 g/mol.